The predicted molar refractivity (Wildman–Crippen MR) is 58.8 cm³/mol. The monoisotopic (exact) mass is 235 g/mol. The third-order valence-corrected chi connectivity index (χ3v) is 2.94. The maximum atomic E-state index is 11.8. The number of carbonyl (C=O) groups excluding carboxylic acids is 1. The highest BCUT2D eigenvalue weighted by Crippen LogP contribution is 2.13. The van der Waals surface area contributed by atoms with Gasteiger partial charge in [0.25, 0.3) is 0 Å². The average Bonchev–Trinajstić information content (AvgIpc) is 2.73. The van der Waals surface area contributed by atoms with E-state index < -0.39 is 0 Å². The maximum absolute atomic E-state index is 11.8. The predicted octanol–water partition coefficient (Wildman–Crippen LogP) is -1.31. The lowest BCUT2D eigenvalue weighted by molar-refractivity contribution is -0.132. The molecule has 88 valence electrons. The van der Waals surface area contributed by atoms with Crippen LogP contribution in [0.5, 0.6) is 0 Å². The summed E-state index contributed by atoms with van der Waals surface area (Å²) in [5.74, 6) is 0.0921. The Labute approximate surface area is 95.4 Å². The van der Waals surface area contributed by atoms with Crippen LogP contribution in [0.2, 0.25) is 0 Å². The van der Waals surface area contributed by atoms with Crippen molar-refractivity contribution < 1.29 is 9.90 Å². The van der Waals surface area contributed by atoms with Crippen LogP contribution in [0.15, 0.2) is 0 Å². The fourth-order valence-electron chi connectivity index (χ4n) is 2.11. The van der Waals surface area contributed by atoms with Gasteiger partial charge in [0.15, 0.2) is 0 Å². The minimum Gasteiger partial charge on any atom is -0.392 e. The summed E-state index contributed by atoms with van der Waals surface area (Å²) >= 11 is 0. The van der Waals surface area contributed by atoms with Crippen LogP contribution in [0.4, 0.5) is 0 Å². The van der Waals surface area contributed by atoms with Crippen molar-refractivity contribution in [2.45, 2.75) is 31.0 Å². The molecule has 2 heterocycles. The van der Waals surface area contributed by atoms with E-state index in [2.05, 4.69) is 5.32 Å². The molecule has 2 rings (SSSR count). The third kappa shape index (κ3) is 2.81. The van der Waals surface area contributed by atoms with Gasteiger partial charge in [-0.25, -0.2) is 0 Å². The molecule has 2 aliphatic heterocycles. The quantitative estimate of drug-likeness (QED) is 0.528. The first kappa shape index (κ1) is 12.7. The number of nitrogens with two attached hydrogens (primary N) is 1. The second-order valence-corrected chi connectivity index (χ2v) is 4.18. The van der Waals surface area contributed by atoms with Gasteiger partial charge in [0, 0.05) is 25.7 Å². The Morgan fingerprint density at radius 1 is 1.53 bits per heavy atom. The summed E-state index contributed by atoms with van der Waals surface area (Å²) < 4.78 is 0. The molecule has 0 aliphatic carbocycles. The van der Waals surface area contributed by atoms with Crippen LogP contribution in [0.25, 0.3) is 0 Å². The number of hydrogen-bond donors (Lipinski definition) is 3. The van der Waals surface area contributed by atoms with E-state index in [0.717, 1.165) is 13.0 Å². The normalized spacial score (nSPS) is 35.3. The van der Waals surface area contributed by atoms with Crippen molar-refractivity contribution in [3.8, 4) is 0 Å². The SMILES string of the molecule is Cl.NC1CCN(C(=O)C2CC(O)CN2)C1. The smallest absolute Gasteiger partial charge is 0.239 e. The summed E-state index contributed by atoms with van der Waals surface area (Å²) in [5, 5.41) is 12.3. The second kappa shape index (κ2) is 5.12. The topological polar surface area (TPSA) is 78.6 Å². The van der Waals surface area contributed by atoms with Gasteiger partial charge in [-0.2, -0.15) is 0 Å². The lowest BCUT2D eigenvalue weighted by Gasteiger charge is -2.19. The molecule has 5 nitrogen and oxygen atoms in total. The van der Waals surface area contributed by atoms with Gasteiger partial charge >= 0.3 is 0 Å². The highest BCUT2D eigenvalue weighted by Gasteiger charge is 2.33. The minimum absolute atomic E-state index is 0. The second-order valence-electron chi connectivity index (χ2n) is 4.18. The van der Waals surface area contributed by atoms with Crippen molar-refractivity contribution in [1.29, 1.82) is 0 Å². The molecule has 1 amide bonds. The Morgan fingerprint density at radius 2 is 2.27 bits per heavy atom. The molecule has 3 atom stereocenters. The van der Waals surface area contributed by atoms with Gasteiger partial charge in [-0.05, 0) is 12.8 Å². The molecule has 0 radical (unpaired) electrons. The van der Waals surface area contributed by atoms with Gasteiger partial charge in [-0.3, -0.25) is 4.79 Å². The van der Waals surface area contributed by atoms with E-state index in [1.54, 1.807) is 4.90 Å². The molecule has 2 aliphatic rings. The molecule has 6 heteroatoms. The van der Waals surface area contributed by atoms with Gasteiger partial charge in [0.05, 0.1) is 12.1 Å². The number of β-amino-alcohol motifs (C(OH)–C–C–N with tert-alkyl or cyclic N) is 1. The van der Waals surface area contributed by atoms with E-state index in [1.165, 1.54) is 0 Å². The molecule has 0 aromatic carbocycles. The standard InChI is InChI=1S/C9H17N3O2.ClH/c10-6-1-2-12(5-6)9(14)8-3-7(13)4-11-8;/h6-8,11,13H,1-5,10H2;1H. The molecule has 0 spiro atoms. The zero-order valence-electron chi connectivity index (χ0n) is 8.56. The number of aliphatic hydroxyl groups is 1. The van der Waals surface area contributed by atoms with Crippen molar-refractivity contribution in [1.82, 2.24) is 10.2 Å². The molecular weight excluding hydrogens is 218 g/mol. The molecule has 0 aromatic heterocycles. The highest BCUT2D eigenvalue weighted by atomic mass is 35.5. The zero-order chi connectivity index (χ0) is 10.1. The molecular formula is C9H18ClN3O2. The summed E-state index contributed by atoms with van der Waals surface area (Å²) in [6, 6.07) is -0.0689. The highest BCUT2D eigenvalue weighted by molar-refractivity contribution is 5.85. The third-order valence-electron chi connectivity index (χ3n) is 2.94. The molecule has 0 saturated carbocycles. The molecule has 0 aromatic rings. The van der Waals surface area contributed by atoms with E-state index in [9.17, 15) is 9.90 Å². The number of carbonyl (C=O) groups is 1. The van der Waals surface area contributed by atoms with Crippen LogP contribution in [0, 0.1) is 0 Å². The fourth-order valence-corrected chi connectivity index (χ4v) is 2.11. The van der Waals surface area contributed by atoms with Gasteiger partial charge in [0.2, 0.25) is 5.91 Å². The Bertz CT molecular complexity index is 217. The number of halogens is 1. The summed E-state index contributed by atoms with van der Waals surface area (Å²) in [7, 11) is 0. The Balaban J connectivity index is 0.00000112. The number of aliphatic hydroxyl groups excluding tert-OH is 1. The van der Waals surface area contributed by atoms with Crippen LogP contribution < -0.4 is 11.1 Å². The lowest BCUT2D eigenvalue weighted by atomic mass is 10.2. The number of nitrogens with zero attached hydrogens (tertiary/aromatic N) is 1. The Morgan fingerprint density at radius 3 is 2.73 bits per heavy atom. The van der Waals surface area contributed by atoms with Crippen LogP contribution in [0.3, 0.4) is 0 Å². The van der Waals surface area contributed by atoms with Crippen molar-refractivity contribution in [2.75, 3.05) is 19.6 Å². The first-order chi connectivity index (χ1) is 6.66. The fraction of sp³-hybridized carbons (Fsp3) is 0.889. The van der Waals surface area contributed by atoms with Gasteiger partial charge in [-0.1, -0.05) is 0 Å². The van der Waals surface area contributed by atoms with E-state index in [-0.39, 0.29) is 36.5 Å². The molecule has 15 heavy (non-hydrogen) atoms. The van der Waals surface area contributed by atoms with Crippen LogP contribution in [-0.4, -0.2) is 53.7 Å². The minimum atomic E-state index is -0.375. The Hall–Kier alpha value is -0.360. The van der Waals surface area contributed by atoms with Crippen molar-refractivity contribution in [2.24, 2.45) is 5.73 Å². The molecule has 3 unspecified atom stereocenters. The maximum Gasteiger partial charge on any atom is 0.239 e. The number of rotatable bonds is 1. The first-order valence-corrected chi connectivity index (χ1v) is 5.12. The first-order valence-electron chi connectivity index (χ1n) is 5.12. The number of amides is 1. The van der Waals surface area contributed by atoms with E-state index in [0.29, 0.717) is 19.5 Å². The number of hydrogen-bond acceptors (Lipinski definition) is 4. The Kier molecular flexibility index (Phi) is 4.33. The number of nitrogens with one attached hydrogen (secondary N) is 1. The van der Waals surface area contributed by atoms with Gasteiger partial charge < -0.3 is 21.1 Å². The molecule has 0 bridgehead atoms. The van der Waals surface area contributed by atoms with Crippen molar-refractivity contribution >= 4 is 18.3 Å². The molecule has 4 N–H and O–H groups in total. The molecule has 2 saturated heterocycles. The van der Waals surface area contributed by atoms with Crippen LogP contribution >= 0.6 is 12.4 Å². The van der Waals surface area contributed by atoms with Crippen molar-refractivity contribution in [3.05, 3.63) is 0 Å². The van der Waals surface area contributed by atoms with Crippen LogP contribution in [0.1, 0.15) is 12.8 Å². The number of likely N-dealkylation sites (tertiary alicyclic amines) is 1. The summed E-state index contributed by atoms with van der Waals surface area (Å²) in [6.07, 6.45) is 1.05. The van der Waals surface area contributed by atoms with Gasteiger partial charge in [-0.15, -0.1) is 12.4 Å². The van der Waals surface area contributed by atoms with Crippen molar-refractivity contribution in [3.63, 3.8) is 0 Å². The summed E-state index contributed by atoms with van der Waals surface area (Å²) in [4.78, 5) is 13.6. The van der Waals surface area contributed by atoms with E-state index >= 15 is 0 Å². The van der Waals surface area contributed by atoms with Gasteiger partial charge in [0.1, 0.15) is 0 Å². The van der Waals surface area contributed by atoms with Crippen LogP contribution in [-0.2, 0) is 4.79 Å². The summed E-state index contributed by atoms with van der Waals surface area (Å²) in [5.41, 5.74) is 5.73. The molecule has 2 fully saturated rings. The van der Waals surface area contributed by atoms with E-state index in [4.69, 9.17) is 5.73 Å². The average molecular weight is 236 g/mol. The van der Waals surface area contributed by atoms with E-state index in [1.807, 2.05) is 0 Å². The zero-order valence-corrected chi connectivity index (χ0v) is 9.37. The summed E-state index contributed by atoms with van der Waals surface area (Å²) in [6.45, 7) is 1.94. The largest absolute Gasteiger partial charge is 0.392 e. The lowest BCUT2D eigenvalue weighted by Crippen LogP contribution is -2.43.